The molecule has 1 N–H and O–H groups in total. The average Bonchev–Trinajstić information content (AvgIpc) is 3.28. The molecule has 2 aromatic rings. The number of ether oxygens (including phenoxy) is 1. The van der Waals surface area contributed by atoms with Crippen molar-refractivity contribution in [2.45, 2.75) is 58.3 Å². The lowest BCUT2D eigenvalue weighted by molar-refractivity contribution is -0.0778. The monoisotopic (exact) mass is 400 g/mol. The lowest BCUT2D eigenvalue weighted by Crippen LogP contribution is -2.52. The van der Waals surface area contributed by atoms with Crippen LogP contribution in [0.25, 0.3) is 5.69 Å². The number of aromatic nitrogens is 2. The Morgan fingerprint density at radius 3 is 2.62 bits per heavy atom. The maximum absolute atomic E-state index is 13.3. The molecule has 4 rings (SSSR count). The first-order valence-corrected chi connectivity index (χ1v) is 10.5. The number of hydrogen-bond acceptors (Lipinski definition) is 4. The molecule has 0 spiro atoms. The molecule has 7 heteroatoms. The third-order valence-electron chi connectivity index (χ3n) is 5.85. The molecule has 3 unspecified atom stereocenters. The molecule has 0 radical (unpaired) electrons. The second-order valence-corrected chi connectivity index (χ2v) is 8.29. The topological polar surface area (TPSA) is 59.4 Å². The molecule has 1 amide bonds. The highest BCUT2D eigenvalue weighted by molar-refractivity contribution is 5.94. The van der Waals surface area contributed by atoms with E-state index in [4.69, 9.17) is 4.74 Å². The van der Waals surface area contributed by atoms with Crippen molar-refractivity contribution in [1.29, 1.82) is 0 Å². The number of rotatable bonds is 5. The van der Waals surface area contributed by atoms with Crippen LogP contribution in [0.15, 0.2) is 24.3 Å². The summed E-state index contributed by atoms with van der Waals surface area (Å²) in [4.78, 5) is 15.3. The Hall–Kier alpha value is -2.25. The number of halogens is 1. The molecule has 1 aliphatic carbocycles. The minimum absolute atomic E-state index is 0.134. The molecule has 1 fully saturated rings. The summed E-state index contributed by atoms with van der Waals surface area (Å²) < 4.78 is 20.9. The molecule has 156 valence electrons. The quantitative estimate of drug-likeness (QED) is 0.839. The number of fused-ring (bicyclic) bond motifs is 1. The van der Waals surface area contributed by atoms with Gasteiger partial charge in [0.05, 0.1) is 17.9 Å². The van der Waals surface area contributed by atoms with E-state index in [-0.39, 0.29) is 30.0 Å². The summed E-state index contributed by atoms with van der Waals surface area (Å²) >= 11 is 0. The van der Waals surface area contributed by atoms with Gasteiger partial charge >= 0.3 is 0 Å². The van der Waals surface area contributed by atoms with E-state index in [9.17, 15) is 9.18 Å². The fourth-order valence-corrected chi connectivity index (χ4v) is 4.45. The van der Waals surface area contributed by atoms with E-state index >= 15 is 0 Å². The van der Waals surface area contributed by atoms with Gasteiger partial charge in [-0.3, -0.25) is 9.69 Å². The minimum Gasteiger partial charge on any atom is -0.373 e. The molecule has 0 saturated carbocycles. The van der Waals surface area contributed by atoms with Crippen LogP contribution in [0.2, 0.25) is 0 Å². The van der Waals surface area contributed by atoms with Crippen LogP contribution >= 0.6 is 0 Å². The van der Waals surface area contributed by atoms with Crippen LogP contribution in [0.3, 0.4) is 0 Å². The SMILES string of the molecule is CC1CN(C(C)CNC(=O)c2nn(-c3ccc(F)cc3)c3c2CCC3)CC(C)O1. The van der Waals surface area contributed by atoms with Crippen LogP contribution in [-0.4, -0.2) is 58.5 Å². The number of morpholine rings is 1. The van der Waals surface area contributed by atoms with Crippen molar-refractivity contribution >= 4 is 5.91 Å². The maximum Gasteiger partial charge on any atom is 0.272 e. The molecule has 29 heavy (non-hydrogen) atoms. The van der Waals surface area contributed by atoms with E-state index in [1.165, 1.54) is 12.1 Å². The first-order valence-electron chi connectivity index (χ1n) is 10.5. The summed E-state index contributed by atoms with van der Waals surface area (Å²) in [5.74, 6) is -0.415. The zero-order valence-corrected chi connectivity index (χ0v) is 17.3. The van der Waals surface area contributed by atoms with E-state index in [1.54, 1.807) is 16.8 Å². The molecule has 1 aliphatic heterocycles. The first-order chi connectivity index (χ1) is 13.9. The van der Waals surface area contributed by atoms with E-state index in [2.05, 4.69) is 36.1 Å². The van der Waals surface area contributed by atoms with Crippen LogP contribution in [0, 0.1) is 5.82 Å². The Morgan fingerprint density at radius 1 is 1.24 bits per heavy atom. The summed E-state index contributed by atoms with van der Waals surface area (Å²) in [6, 6.07) is 6.46. The minimum atomic E-state index is -0.281. The van der Waals surface area contributed by atoms with Crippen LogP contribution < -0.4 is 5.32 Å². The molecule has 1 aromatic carbocycles. The maximum atomic E-state index is 13.3. The van der Waals surface area contributed by atoms with Gasteiger partial charge in [-0.1, -0.05) is 0 Å². The van der Waals surface area contributed by atoms with Crippen molar-refractivity contribution in [1.82, 2.24) is 20.0 Å². The van der Waals surface area contributed by atoms with Gasteiger partial charge < -0.3 is 10.1 Å². The van der Waals surface area contributed by atoms with Crippen molar-refractivity contribution < 1.29 is 13.9 Å². The highest BCUT2D eigenvalue weighted by atomic mass is 19.1. The predicted molar refractivity (Wildman–Crippen MR) is 109 cm³/mol. The van der Waals surface area contributed by atoms with Crippen LogP contribution in [-0.2, 0) is 17.6 Å². The number of carbonyl (C=O) groups is 1. The molecular formula is C22H29FN4O2. The predicted octanol–water partition coefficient (Wildman–Crippen LogP) is 2.73. The van der Waals surface area contributed by atoms with Gasteiger partial charge in [-0.25, -0.2) is 9.07 Å². The van der Waals surface area contributed by atoms with Crippen molar-refractivity contribution in [3.8, 4) is 5.69 Å². The van der Waals surface area contributed by atoms with Crippen molar-refractivity contribution in [2.75, 3.05) is 19.6 Å². The molecule has 1 saturated heterocycles. The van der Waals surface area contributed by atoms with Gasteiger partial charge in [-0.2, -0.15) is 5.10 Å². The third kappa shape index (κ3) is 4.21. The highest BCUT2D eigenvalue weighted by Gasteiger charge is 2.29. The standard InChI is InChI=1S/C22H29FN4O2/c1-14(26-12-15(2)29-16(3)13-26)11-24-22(28)21-19-5-4-6-20(19)27(25-21)18-9-7-17(23)8-10-18/h7-10,14-16H,4-6,11-13H2,1-3H3,(H,24,28). The lowest BCUT2D eigenvalue weighted by Gasteiger charge is -2.38. The molecule has 3 atom stereocenters. The normalized spacial score (nSPS) is 23.0. The molecule has 0 bridgehead atoms. The van der Waals surface area contributed by atoms with Gasteiger partial charge in [0.25, 0.3) is 5.91 Å². The third-order valence-corrected chi connectivity index (χ3v) is 5.85. The van der Waals surface area contributed by atoms with Crippen molar-refractivity contribution in [2.24, 2.45) is 0 Å². The molecule has 2 heterocycles. The van der Waals surface area contributed by atoms with Crippen molar-refractivity contribution in [3.63, 3.8) is 0 Å². The van der Waals surface area contributed by atoms with Gasteiger partial charge in [-0.15, -0.1) is 0 Å². The summed E-state index contributed by atoms with van der Waals surface area (Å²) in [5.41, 5.74) is 3.37. The number of benzene rings is 1. The molecule has 2 aliphatic rings. The van der Waals surface area contributed by atoms with Gasteiger partial charge in [-0.05, 0) is 64.3 Å². The zero-order valence-electron chi connectivity index (χ0n) is 17.3. The van der Waals surface area contributed by atoms with Crippen LogP contribution in [0.4, 0.5) is 4.39 Å². The second-order valence-electron chi connectivity index (χ2n) is 8.29. The number of hydrogen-bond donors (Lipinski definition) is 1. The van der Waals surface area contributed by atoms with Gasteiger partial charge in [0.2, 0.25) is 0 Å². The fraction of sp³-hybridized carbons (Fsp3) is 0.545. The van der Waals surface area contributed by atoms with E-state index in [1.807, 2.05) is 0 Å². The second kappa shape index (κ2) is 8.24. The van der Waals surface area contributed by atoms with Crippen LogP contribution in [0.1, 0.15) is 48.9 Å². The van der Waals surface area contributed by atoms with E-state index < -0.39 is 0 Å². The zero-order chi connectivity index (χ0) is 20.5. The van der Waals surface area contributed by atoms with Crippen molar-refractivity contribution in [3.05, 3.63) is 47.0 Å². The largest absolute Gasteiger partial charge is 0.373 e. The molecule has 6 nitrogen and oxygen atoms in total. The Bertz CT molecular complexity index is 870. The summed E-state index contributed by atoms with van der Waals surface area (Å²) in [6.07, 6.45) is 3.15. The fourth-order valence-electron chi connectivity index (χ4n) is 4.45. The smallest absolute Gasteiger partial charge is 0.272 e. The number of nitrogens with zero attached hydrogens (tertiary/aromatic N) is 3. The van der Waals surface area contributed by atoms with Crippen LogP contribution in [0.5, 0.6) is 0 Å². The Labute approximate surface area is 171 Å². The molecule has 1 aromatic heterocycles. The number of carbonyl (C=O) groups excluding carboxylic acids is 1. The van der Waals surface area contributed by atoms with E-state index in [0.29, 0.717) is 12.2 Å². The number of amides is 1. The summed E-state index contributed by atoms with van der Waals surface area (Å²) in [5, 5.41) is 7.67. The Balaban J connectivity index is 1.46. The van der Waals surface area contributed by atoms with Gasteiger partial charge in [0, 0.05) is 36.9 Å². The molecular weight excluding hydrogens is 371 g/mol. The van der Waals surface area contributed by atoms with Gasteiger partial charge in [0.1, 0.15) is 5.82 Å². The Kier molecular flexibility index (Phi) is 5.69. The number of nitrogens with one attached hydrogen (secondary N) is 1. The van der Waals surface area contributed by atoms with E-state index in [0.717, 1.165) is 49.3 Å². The Morgan fingerprint density at radius 2 is 1.93 bits per heavy atom. The summed E-state index contributed by atoms with van der Waals surface area (Å²) in [6.45, 7) is 8.60. The van der Waals surface area contributed by atoms with Gasteiger partial charge in [0.15, 0.2) is 5.69 Å². The summed E-state index contributed by atoms with van der Waals surface area (Å²) in [7, 11) is 0. The first kappa shape index (κ1) is 20.0. The average molecular weight is 400 g/mol. The lowest BCUT2D eigenvalue weighted by atomic mass is 10.1. The highest BCUT2D eigenvalue weighted by Crippen LogP contribution is 2.28.